The van der Waals surface area contributed by atoms with E-state index in [0.29, 0.717) is 0 Å². The molecule has 0 saturated carbocycles. The highest BCUT2D eigenvalue weighted by molar-refractivity contribution is 14.0. The van der Waals surface area contributed by atoms with Crippen LogP contribution in [0.25, 0.3) is 0 Å². The Hall–Kier alpha value is -1.09. The van der Waals surface area contributed by atoms with Crippen LogP contribution in [0.4, 0.5) is 0 Å². The summed E-state index contributed by atoms with van der Waals surface area (Å²) < 4.78 is 4.90. The minimum Gasteiger partial charge on any atom is -0.364 e. The average Bonchev–Trinajstić information content (AvgIpc) is 3.26. The fraction of sp³-hybridized carbons (Fsp3) is 0.647. The lowest BCUT2D eigenvalue weighted by atomic mass is 10.2. The van der Waals surface area contributed by atoms with Crippen LogP contribution in [0.5, 0.6) is 0 Å². The number of nitrogens with one attached hydrogen (secondary N) is 1. The fourth-order valence-electron chi connectivity index (χ4n) is 3.30. The zero-order valence-electron chi connectivity index (χ0n) is 14.4. The first-order valence-corrected chi connectivity index (χ1v) is 8.60. The van der Waals surface area contributed by atoms with Gasteiger partial charge in [0, 0.05) is 52.4 Å². The van der Waals surface area contributed by atoms with E-state index in [-0.39, 0.29) is 24.0 Å². The lowest BCUT2D eigenvalue weighted by molar-refractivity contribution is 0.169. The van der Waals surface area contributed by atoms with Gasteiger partial charge in [-0.2, -0.15) is 0 Å². The molecule has 24 heavy (non-hydrogen) atoms. The van der Waals surface area contributed by atoms with Crippen LogP contribution in [-0.2, 0) is 6.54 Å². The first-order valence-electron chi connectivity index (χ1n) is 8.60. The smallest absolute Gasteiger partial charge is 0.193 e. The molecule has 1 saturated heterocycles. The van der Waals surface area contributed by atoms with Crippen molar-refractivity contribution in [2.24, 2.45) is 4.99 Å². The number of hydrogen-bond donors (Lipinski definition) is 1. The van der Waals surface area contributed by atoms with E-state index < -0.39 is 0 Å². The molecule has 7 heteroatoms. The minimum absolute atomic E-state index is 0. The quantitative estimate of drug-likeness (QED) is 0.327. The van der Waals surface area contributed by atoms with E-state index in [4.69, 9.17) is 4.52 Å². The van der Waals surface area contributed by atoms with Gasteiger partial charge in [-0.05, 0) is 25.7 Å². The Bertz CT molecular complexity index is 535. The third-order valence-corrected chi connectivity index (χ3v) is 4.62. The van der Waals surface area contributed by atoms with Crippen molar-refractivity contribution < 1.29 is 4.52 Å². The Morgan fingerprint density at radius 1 is 1.33 bits per heavy atom. The van der Waals surface area contributed by atoms with E-state index in [1.165, 1.54) is 19.3 Å². The molecule has 1 aromatic rings. The van der Waals surface area contributed by atoms with E-state index in [2.05, 4.69) is 31.3 Å². The van der Waals surface area contributed by atoms with Gasteiger partial charge in [0.2, 0.25) is 0 Å². The summed E-state index contributed by atoms with van der Waals surface area (Å²) in [7, 11) is 1.87. The van der Waals surface area contributed by atoms with Gasteiger partial charge in [0.05, 0.1) is 5.69 Å². The van der Waals surface area contributed by atoms with Crippen LogP contribution in [-0.4, -0.2) is 60.7 Å². The van der Waals surface area contributed by atoms with E-state index in [1.807, 2.05) is 13.1 Å². The molecule has 1 aromatic heterocycles. The number of piperazine rings is 1. The number of rotatable bonds is 5. The predicted molar refractivity (Wildman–Crippen MR) is 107 cm³/mol. The van der Waals surface area contributed by atoms with Gasteiger partial charge in [0.15, 0.2) is 5.96 Å². The molecule has 0 amide bonds. The van der Waals surface area contributed by atoms with Crippen LogP contribution in [0, 0.1) is 0 Å². The summed E-state index contributed by atoms with van der Waals surface area (Å²) in [5, 5.41) is 7.50. The molecule has 0 aromatic carbocycles. The minimum atomic E-state index is 0. The number of halogens is 1. The van der Waals surface area contributed by atoms with Gasteiger partial charge in [0.1, 0.15) is 6.26 Å². The third-order valence-electron chi connectivity index (χ3n) is 4.62. The predicted octanol–water partition coefficient (Wildman–Crippen LogP) is 2.49. The third kappa shape index (κ3) is 5.47. The van der Waals surface area contributed by atoms with Crippen molar-refractivity contribution in [2.45, 2.75) is 32.2 Å². The summed E-state index contributed by atoms with van der Waals surface area (Å²) in [4.78, 5) is 9.20. The topological polar surface area (TPSA) is 56.9 Å². The molecule has 1 aliphatic carbocycles. The van der Waals surface area contributed by atoms with E-state index in [1.54, 1.807) is 11.8 Å². The Balaban J connectivity index is 0.00000208. The highest BCUT2D eigenvalue weighted by atomic mass is 127. The second-order valence-corrected chi connectivity index (χ2v) is 6.23. The average molecular weight is 445 g/mol. The number of nitrogens with zero attached hydrogens (tertiary/aromatic N) is 4. The van der Waals surface area contributed by atoms with Gasteiger partial charge in [-0.25, -0.2) is 0 Å². The molecule has 3 rings (SSSR count). The Morgan fingerprint density at radius 3 is 2.79 bits per heavy atom. The van der Waals surface area contributed by atoms with Gasteiger partial charge >= 0.3 is 0 Å². The molecular formula is C17H28IN5O. The molecule has 1 fully saturated rings. The number of hydrogen-bond acceptors (Lipinski definition) is 4. The maximum absolute atomic E-state index is 4.90. The van der Waals surface area contributed by atoms with Gasteiger partial charge in [-0.15, -0.1) is 24.0 Å². The van der Waals surface area contributed by atoms with Crippen LogP contribution in [0.2, 0.25) is 0 Å². The SMILES string of the molecule is CN=C(NCCC1=CCCC1)N1CCN(Cc2ccon2)CC1.I. The lowest BCUT2D eigenvalue weighted by Gasteiger charge is -2.36. The number of allylic oxidation sites excluding steroid dienone is 1. The number of guanidine groups is 1. The van der Waals surface area contributed by atoms with Gasteiger partial charge < -0.3 is 14.7 Å². The Labute approximate surface area is 161 Å². The largest absolute Gasteiger partial charge is 0.364 e. The van der Waals surface area contributed by atoms with Crippen LogP contribution in [0.1, 0.15) is 31.4 Å². The van der Waals surface area contributed by atoms with Crippen molar-refractivity contribution >= 4 is 29.9 Å². The van der Waals surface area contributed by atoms with Crippen molar-refractivity contribution in [3.63, 3.8) is 0 Å². The molecule has 0 radical (unpaired) electrons. The standard InChI is InChI=1S/C17H27N5O.HI/c1-18-17(19-8-6-15-4-2-3-5-15)22-11-9-21(10-12-22)14-16-7-13-23-20-16;/h4,7,13H,2-3,5-6,8-12,14H2,1H3,(H,18,19);1H. The zero-order valence-corrected chi connectivity index (χ0v) is 16.7. The zero-order chi connectivity index (χ0) is 15.9. The summed E-state index contributed by atoms with van der Waals surface area (Å²) in [5.41, 5.74) is 2.61. The molecule has 0 atom stereocenters. The molecule has 1 aliphatic heterocycles. The highest BCUT2D eigenvalue weighted by Crippen LogP contribution is 2.19. The normalized spacial score (nSPS) is 19.1. The van der Waals surface area contributed by atoms with Crippen LogP contribution in [0.15, 0.2) is 33.5 Å². The Kier molecular flexibility index (Phi) is 8.04. The molecule has 2 heterocycles. The molecule has 6 nitrogen and oxygen atoms in total. The summed E-state index contributed by atoms with van der Waals surface area (Å²) in [6, 6.07) is 1.94. The number of aromatic nitrogens is 1. The van der Waals surface area contributed by atoms with E-state index >= 15 is 0 Å². The maximum Gasteiger partial charge on any atom is 0.193 e. The number of aliphatic imine (C=N–C) groups is 1. The molecule has 2 aliphatic rings. The monoisotopic (exact) mass is 445 g/mol. The van der Waals surface area contributed by atoms with Crippen molar-refractivity contribution in [3.8, 4) is 0 Å². The van der Waals surface area contributed by atoms with Crippen LogP contribution >= 0.6 is 24.0 Å². The molecule has 1 N–H and O–H groups in total. The molecule has 134 valence electrons. The van der Waals surface area contributed by atoms with Crippen LogP contribution < -0.4 is 5.32 Å². The van der Waals surface area contributed by atoms with Crippen molar-refractivity contribution in [3.05, 3.63) is 29.7 Å². The summed E-state index contributed by atoms with van der Waals surface area (Å²) in [6.45, 7) is 5.90. The van der Waals surface area contributed by atoms with Crippen molar-refractivity contribution in [1.29, 1.82) is 0 Å². The van der Waals surface area contributed by atoms with Crippen molar-refractivity contribution in [1.82, 2.24) is 20.3 Å². The second-order valence-electron chi connectivity index (χ2n) is 6.23. The molecule has 0 spiro atoms. The lowest BCUT2D eigenvalue weighted by Crippen LogP contribution is -2.52. The maximum atomic E-state index is 4.90. The van der Waals surface area contributed by atoms with Gasteiger partial charge in [0.25, 0.3) is 0 Å². The molecule has 0 unspecified atom stereocenters. The highest BCUT2D eigenvalue weighted by Gasteiger charge is 2.20. The summed E-state index contributed by atoms with van der Waals surface area (Å²) in [5.74, 6) is 1.03. The van der Waals surface area contributed by atoms with E-state index in [0.717, 1.165) is 57.3 Å². The van der Waals surface area contributed by atoms with E-state index in [9.17, 15) is 0 Å². The van der Waals surface area contributed by atoms with Crippen LogP contribution in [0.3, 0.4) is 0 Å². The van der Waals surface area contributed by atoms with Crippen molar-refractivity contribution in [2.75, 3.05) is 39.8 Å². The summed E-state index contributed by atoms with van der Waals surface area (Å²) >= 11 is 0. The second kappa shape index (κ2) is 10.0. The fourth-order valence-corrected chi connectivity index (χ4v) is 3.30. The molecule has 0 bridgehead atoms. The summed E-state index contributed by atoms with van der Waals surface area (Å²) in [6.07, 6.45) is 9.05. The first-order chi connectivity index (χ1) is 11.3. The first kappa shape index (κ1) is 19.2. The van der Waals surface area contributed by atoms with Gasteiger partial charge in [-0.1, -0.05) is 16.8 Å². The Morgan fingerprint density at radius 2 is 2.17 bits per heavy atom. The molecular weight excluding hydrogens is 417 g/mol. The van der Waals surface area contributed by atoms with Gasteiger partial charge in [-0.3, -0.25) is 9.89 Å².